The number of halogens is 2. The molecule has 1 heterocycles. The van der Waals surface area contributed by atoms with Crippen LogP contribution in [0.4, 0.5) is 0 Å². The number of ketones is 1. The van der Waals surface area contributed by atoms with Crippen molar-refractivity contribution in [2.45, 2.75) is 20.0 Å². The van der Waals surface area contributed by atoms with Gasteiger partial charge in [-0.15, -0.1) is 0 Å². The Morgan fingerprint density at radius 2 is 1.93 bits per heavy atom. The van der Waals surface area contributed by atoms with Crippen molar-refractivity contribution in [1.82, 2.24) is 0 Å². The molecule has 2 aromatic rings. The second kappa shape index (κ2) is 8.03. The molecule has 0 aromatic heterocycles. The summed E-state index contributed by atoms with van der Waals surface area (Å²) in [6, 6.07) is 9.80. The summed E-state index contributed by atoms with van der Waals surface area (Å²) in [5, 5.41) is 0.823. The Bertz CT molecular complexity index is 916. The molecular weight excluding hydrogens is 391 g/mol. The highest BCUT2D eigenvalue weighted by Gasteiger charge is 2.29. The van der Waals surface area contributed by atoms with Crippen molar-refractivity contribution >= 4 is 41.0 Å². The van der Waals surface area contributed by atoms with Gasteiger partial charge in [0.2, 0.25) is 5.78 Å². The van der Waals surface area contributed by atoms with Crippen molar-refractivity contribution in [3.8, 4) is 11.5 Å². The van der Waals surface area contributed by atoms with E-state index in [1.54, 1.807) is 50.2 Å². The van der Waals surface area contributed by atoms with E-state index in [9.17, 15) is 9.59 Å². The number of carbonyl (C=O) groups excluding carboxylic acids is 2. The van der Waals surface area contributed by atoms with Crippen LogP contribution in [0, 0.1) is 0 Å². The Balaban J connectivity index is 1.83. The van der Waals surface area contributed by atoms with Gasteiger partial charge in [0.25, 0.3) is 0 Å². The topological polar surface area (TPSA) is 61.8 Å². The second-order valence-electron chi connectivity index (χ2n) is 5.75. The Morgan fingerprint density at radius 1 is 1.22 bits per heavy atom. The van der Waals surface area contributed by atoms with Gasteiger partial charge in [-0.2, -0.15) is 0 Å². The van der Waals surface area contributed by atoms with Gasteiger partial charge < -0.3 is 14.2 Å². The first-order chi connectivity index (χ1) is 12.9. The van der Waals surface area contributed by atoms with Crippen LogP contribution in [-0.4, -0.2) is 24.5 Å². The van der Waals surface area contributed by atoms with Crippen LogP contribution < -0.4 is 9.47 Å². The van der Waals surface area contributed by atoms with Crippen molar-refractivity contribution in [3.63, 3.8) is 0 Å². The van der Waals surface area contributed by atoms with Crippen LogP contribution in [0.2, 0.25) is 10.0 Å². The highest BCUT2D eigenvalue weighted by molar-refractivity contribution is 6.37. The van der Waals surface area contributed by atoms with Crippen molar-refractivity contribution in [1.29, 1.82) is 0 Å². The van der Waals surface area contributed by atoms with E-state index in [-0.39, 0.29) is 18.1 Å². The molecule has 3 rings (SSSR count). The predicted molar refractivity (Wildman–Crippen MR) is 103 cm³/mol. The Morgan fingerprint density at radius 3 is 2.59 bits per heavy atom. The number of rotatable bonds is 5. The lowest BCUT2D eigenvalue weighted by molar-refractivity contribution is -0.150. The third kappa shape index (κ3) is 4.10. The number of esters is 1. The van der Waals surface area contributed by atoms with E-state index in [0.29, 0.717) is 32.7 Å². The zero-order valence-electron chi connectivity index (χ0n) is 14.6. The first-order valence-electron chi connectivity index (χ1n) is 8.26. The lowest BCUT2D eigenvalue weighted by atomic mass is 10.1. The fraction of sp³-hybridized carbons (Fsp3) is 0.200. The first-order valence-corrected chi connectivity index (χ1v) is 9.02. The Hall–Kier alpha value is -2.50. The monoisotopic (exact) mass is 406 g/mol. The van der Waals surface area contributed by atoms with Crippen molar-refractivity contribution in [2.75, 3.05) is 6.61 Å². The van der Waals surface area contributed by atoms with E-state index < -0.39 is 12.1 Å². The van der Waals surface area contributed by atoms with Gasteiger partial charge in [-0.3, -0.25) is 4.79 Å². The van der Waals surface area contributed by atoms with Crippen LogP contribution in [0.1, 0.15) is 29.8 Å². The maximum atomic E-state index is 12.6. The normalized spacial score (nSPS) is 15.3. The van der Waals surface area contributed by atoms with Gasteiger partial charge in [0.15, 0.2) is 11.9 Å². The molecule has 7 heteroatoms. The molecule has 1 aliphatic heterocycles. The highest BCUT2D eigenvalue weighted by atomic mass is 35.5. The number of hydrogen-bond donors (Lipinski definition) is 0. The summed E-state index contributed by atoms with van der Waals surface area (Å²) in [6.45, 7) is 3.58. The molecule has 0 N–H and O–H groups in total. The molecule has 1 atom stereocenters. The van der Waals surface area contributed by atoms with E-state index >= 15 is 0 Å². The van der Waals surface area contributed by atoms with Gasteiger partial charge in [-0.25, -0.2) is 4.79 Å². The number of benzene rings is 2. The first kappa shape index (κ1) is 19.3. The lowest BCUT2D eigenvalue weighted by Gasteiger charge is -2.13. The van der Waals surface area contributed by atoms with Crippen LogP contribution in [0.3, 0.4) is 0 Å². The largest absolute Gasteiger partial charge is 0.479 e. The van der Waals surface area contributed by atoms with E-state index in [4.69, 9.17) is 37.4 Å². The molecule has 0 spiro atoms. The van der Waals surface area contributed by atoms with Crippen LogP contribution in [-0.2, 0) is 9.53 Å². The quantitative estimate of drug-likeness (QED) is 0.519. The summed E-state index contributed by atoms with van der Waals surface area (Å²) < 4.78 is 16.1. The molecule has 0 fully saturated rings. The fourth-order valence-corrected chi connectivity index (χ4v) is 3.04. The zero-order chi connectivity index (χ0) is 19.6. The maximum Gasteiger partial charge on any atom is 0.347 e. The fourth-order valence-electron chi connectivity index (χ4n) is 2.53. The van der Waals surface area contributed by atoms with Gasteiger partial charge >= 0.3 is 5.97 Å². The van der Waals surface area contributed by atoms with Gasteiger partial charge in [0.1, 0.15) is 11.5 Å². The summed E-state index contributed by atoms with van der Waals surface area (Å²) >= 11 is 12.3. The van der Waals surface area contributed by atoms with Gasteiger partial charge in [0.05, 0.1) is 12.2 Å². The minimum absolute atomic E-state index is 0.107. The molecule has 0 aliphatic carbocycles. The average Bonchev–Trinajstić information content (AvgIpc) is 2.93. The summed E-state index contributed by atoms with van der Waals surface area (Å²) in [4.78, 5) is 24.2. The molecular formula is C20H16Cl2O5. The van der Waals surface area contributed by atoms with E-state index in [1.165, 1.54) is 6.08 Å². The molecule has 27 heavy (non-hydrogen) atoms. The Kier molecular flexibility index (Phi) is 5.73. The molecule has 0 saturated carbocycles. The number of hydrogen-bond acceptors (Lipinski definition) is 5. The smallest absolute Gasteiger partial charge is 0.347 e. The average molecular weight is 407 g/mol. The van der Waals surface area contributed by atoms with Crippen molar-refractivity contribution in [3.05, 3.63) is 63.3 Å². The summed E-state index contributed by atoms with van der Waals surface area (Å²) in [6.07, 6.45) is 0.728. The van der Waals surface area contributed by atoms with Crippen LogP contribution >= 0.6 is 23.2 Å². The second-order valence-corrected chi connectivity index (χ2v) is 6.56. The third-order valence-electron chi connectivity index (χ3n) is 3.85. The molecule has 1 aliphatic rings. The van der Waals surface area contributed by atoms with Crippen LogP contribution in [0.25, 0.3) is 6.08 Å². The van der Waals surface area contributed by atoms with Gasteiger partial charge in [-0.1, -0.05) is 29.3 Å². The number of Topliss-reactive ketones (excluding diaryl/α,β-unsaturated/α-hetero) is 1. The van der Waals surface area contributed by atoms with Crippen molar-refractivity contribution < 1.29 is 23.8 Å². The molecule has 0 unspecified atom stereocenters. The lowest BCUT2D eigenvalue weighted by Crippen LogP contribution is -2.26. The third-order valence-corrected chi connectivity index (χ3v) is 4.51. The Labute approximate surface area is 166 Å². The molecule has 0 saturated heterocycles. The van der Waals surface area contributed by atoms with Gasteiger partial charge in [-0.05, 0) is 44.2 Å². The van der Waals surface area contributed by atoms with E-state index in [2.05, 4.69) is 0 Å². The summed E-state index contributed by atoms with van der Waals surface area (Å²) in [5.41, 5.74) is 0.893. The zero-order valence-corrected chi connectivity index (χ0v) is 16.1. The SMILES string of the molecule is CCOC(=O)[C@@H](C)Oc1ccc2c(c1)O/C(=C\c1c(Cl)cccc1Cl)C2=O. The van der Waals surface area contributed by atoms with Crippen LogP contribution in [0.5, 0.6) is 11.5 Å². The van der Waals surface area contributed by atoms with E-state index in [0.717, 1.165) is 0 Å². The number of ether oxygens (including phenoxy) is 3. The van der Waals surface area contributed by atoms with Gasteiger partial charge in [0, 0.05) is 21.7 Å². The minimum Gasteiger partial charge on any atom is -0.479 e. The molecule has 2 aromatic carbocycles. The summed E-state index contributed by atoms with van der Waals surface area (Å²) in [5.74, 6) is 0.0765. The number of allylic oxidation sites excluding steroid dienone is 1. The number of fused-ring (bicyclic) bond motifs is 1. The highest BCUT2D eigenvalue weighted by Crippen LogP contribution is 2.36. The molecule has 5 nitrogen and oxygen atoms in total. The van der Waals surface area contributed by atoms with E-state index in [1.807, 2.05) is 0 Å². The summed E-state index contributed by atoms with van der Waals surface area (Å²) in [7, 11) is 0. The molecule has 0 radical (unpaired) electrons. The number of carbonyl (C=O) groups is 2. The molecule has 0 bridgehead atoms. The predicted octanol–water partition coefficient (Wildman–Crippen LogP) is 4.94. The van der Waals surface area contributed by atoms with Crippen LogP contribution in [0.15, 0.2) is 42.2 Å². The molecule has 140 valence electrons. The minimum atomic E-state index is -0.781. The standard InChI is InChI=1S/C20H16Cl2O5/c1-3-25-20(24)11(2)26-12-7-8-13-17(9-12)27-18(19(13)23)10-14-15(21)5-4-6-16(14)22/h4-11H,3H2,1-2H3/b18-10-/t11-/m1/s1. The van der Waals surface area contributed by atoms with Crippen molar-refractivity contribution in [2.24, 2.45) is 0 Å². The maximum absolute atomic E-state index is 12.6. The molecule has 0 amide bonds.